The lowest BCUT2D eigenvalue weighted by molar-refractivity contribution is -0.154. The van der Waals surface area contributed by atoms with Gasteiger partial charge in [0.2, 0.25) is 0 Å². The summed E-state index contributed by atoms with van der Waals surface area (Å²) < 4.78 is 10.3. The standard InChI is InChI=1S/C22H27NO4S/c1-15-5-10-20(13-16(15)2)28-12-11-21(24)27-17(3)22(25)23-14-18-6-8-19(26-4)9-7-18/h5-10,13,17H,11-12,14H2,1-4H3,(H,23,25)/t17-/m1/s1. The normalized spacial score (nSPS) is 11.6. The highest BCUT2D eigenvalue weighted by atomic mass is 32.2. The monoisotopic (exact) mass is 401 g/mol. The molecule has 0 spiro atoms. The average molecular weight is 402 g/mol. The number of rotatable bonds is 9. The van der Waals surface area contributed by atoms with Crippen molar-refractivity contribution in [1.29, 1.82) is 0 Å². The van der Waals surface area contributed by atoms with Crippen molar-refractivity contribution in [3.05, 3.63) is 59.2 Å². The van der Waals surface area contributed by atoms with Gasteiger partial charge in [0, 0.05) is 17.2 Å². The molecule has 0 unspecified atom stereocenters. The molecular formula is C22H27NO4S. The maximum Gasteiger partial charge on any atom is 0.307 e. The smallest absolute Gasteiger partial charge is 0.307 e. The Labute approximate surface area is 170 Å². The molecule has 0 aromatic heterocycles. The van der Waals surface area contributed by atoms with E-state index in [1.165, 1.54) is 11.1 Å². The first-order chi connectivity index (χ1) is 13.4. The molecule has 0 heterocycles. The van der Waals surface area contributed by atoms with Crippen molar-refractivity contribution >= 4 is 23.6 Å². The van der Waals surface area contributed by atoms with Gasteiger partial charge in [-0.15, -0.1) is 11.8 Å². The van der Waals surface area contributed by atoms with Gasteiger partial charge in [0.05, 0.1) is 13.5 Å². The third-order valence-corrected chi connectivity index (χ3v) is 5.35. The molecule has 2 aromatic rings. The summed E-state index contributed by atoms with van der Waals surface area (Å²) in [6, 6.07) is 13.6. The van der Waals surface area contributed by atoms with E-state index in [0.717, 1.165) is 16.2 Å². The van der Waals surface area contributed by atoms with Gasteiger partial charge in [-0.1, -0.05) is 18.2 Å². The zero-order valence-electron chi connectivity index (χ0n) is 16.8. The van der Waals surface area contributed by atoms with Crippen LogP contribution in [0.15, 0.2) is 47.4 Å². The van der Waals surface area contributed by atoms with E-state index in [4.69, 9.17) is 9.47 Å². The summed E-state index contributed by atoms with van der Waals surface area (Å²) in [6.45, 7) is 6.09. The van der Waals surface area contributed by atoms with Gasteiger partial charge in [-0.3, -0.25) is 9.59 Å². The summed E-state index contributed by atoms with van der Waals surface area (Å²) in [7, 11) is 1.60. The van der Waals surface area contributed by atoms with E-state index in [2.05, 4.69) is 31.3 Å². The highest BCUT2D eigenvalue weighted by molar-refractivity contribution is 7.99. The van der Waals surface area contributed by atoms with Crippen molar-refractivity contribution in [2.75, 3.05) is 12.9 Å². The summed E-state index contributed by atoms with van der Waals surface area (Å²) in [5.41, 5.74) is 3.42. The quantitative estimate of drug-likeness (QED) is 0.507. The number of carbonyl (C=O) groups is 2. The topological polar surface area (TPSA) is 64.6 Å². The highest BCUT2D eigenvalue weighted by Gasteiger charge is 2.17. The van der Waals surface area contributed by atoms with Crippen LogP contribution in [-0.4, -0.2) is 30.8 Å². The fraction of sp³-hybridized carbons (Fsp3) is 0.364. The van der Waals surface area contributed by atoms with Crippen LogP contribution in [0.1, 0.15) is 30.0 Å². The molecular weight excluding hydrogens is 374 g/mol. The predicted octanol–water partition coefficient (Wildman–Crippen LogP) is 4.04. The van der Waals surface area contributed by atoms with Crippen molar-refractivity contribution in [2.24, 2.45) is 0 Å². The Morgan fingerprint density at radius 2 is 1.79 bits per heavy atom. The molecule has 1 amide bonds. The van der Waals surface area contributed by atoms with Gasteiger partial charge in [0.15, 0.2) is 6.10 Å². The first kappa shape index (κ1) is 21.8. The van der Waals surface area contributed by atoms with Crippen molar-refractivity contribution < 1.29 is 19.1 Å². The number of thioether (sulfide) groups is 1. The number of esters is 1. The molecule has 6 heteroatoms. The summed E-state index contributed by atoms with van der Waals surface area (Å²) >= 11 is 1.61. The fourth-order valence-corrected chi connectivity index (χ4v) is 3.37. The molecule has 0 radical (unpaired) electrons. The van der Waals surface area contributed by atoms with E-state index < -0.39 is 6.10 Å². The van der Waals surface area contributed by atoms with Crippen LogP contribution in [0.3, 0.4) is 0 Å². The van der Waals surface area contributed by atoms with Gasteiger partial charge in [-0.2, -0.15) is 0 Å². The molecule has 1 N–H and O–H groups in total. The van der Waals surface area contributed by atoms with Crippen LogP contribution in [0, 0.1) is 13.8 Å². The highest BCUT2D eigenvalue weighted by Crippen LogP contribution is 2.21. The number of nitrogens with one attached hydrogen (secondary N) is 1. The summed E-state index contributed by atoms with van der Waals surface area (Å²) in [4.78, 5) is 25.2. The molecule has 5 nitrogen and oxygen atoms in total. The lowest BCUT2D eigenvalue weighted by Crippen LogP contribution is -2.35. The van der Waals surface area contributed by atoms with Gasteiger partial charge >= 0.3 is 5.97 Å². The first-order valence-electron chi connectivity index (χ1n) is 9.19. The third kappa shape index (κ3) is 6.93. The molecule has 2 rings (SSSR count). The Hall–Kier alpha value is -2.47. The minimum absolute atomic E-state index is 0.258. The van der Waals surface area contributed by atoms with Crippen LogP contribution >= 0.6 is 11.8 Å². The molecule has 0 saturated heterocycles. The first-order valence-corrected chi connectivity index (χ1v) is 10.2. The summed E-state index contributed by atoms with van der Waals surface area (Å²) in [5.74, 6) is 0.687. The van der Waals surface area contributed by atoms with E-state index >= 15 is 0 Å². The number of methoxy groups -OCH3 is 1. The van der Waals surface area contributed by atoms with Crippen LogP contribution < -0.4 is 10.1 Å². The molecule has 150 valence electrons. The molecule has 0 fully saturated rings. The number of benzene rings is 2. The maximum absolute atomic E-state index is 12.1. The van der Waals surface area contributed by atoms with Gasteiger partial charge in [-0.05, 0) is 61.7 Å². The second-order valence-corrected chi connectivity index (χ2v) is 7.71. The Morgan fingerprint density at radius 3 is 2.43 bits per heavy atom. The lowest BCUT2D eigenvalue weighted by atomic mass is 10.1. The van der Waals surface area contributed by atoms with Crippen molar-refractivity contribution in [2.45, 2.75) is 44.7 Å². The zero-order valence-corrected chi connectivity index (χ0v) is 17.6. The lowest BCUT2D eigenvalue weighted by Gasteiger charge is -2.14. The summed E-state index contributed by atoms with van der Waals surface area (Å²) in [5, 5.41) is 2.77. The zero-order chi connectivity index (χ0) is 20.5. The Balaban J connectivity index is 1.69. The average Bonchev–Trinajstić information content (AvgIpc) is 2.69. The molecule has 0 aliphatic carbocycles. The molecule has 1 atom stereocenters. The van der Waals surface area contributed by atoms with Crippen LogP contribution in [0.5, 0.6) is 5.75 Å². The van der Waals surface area contributed by atoms with Crippen LogP contribution in [0.2, 0.25) is 0 Å². The third-order valence-electron chi connectivity index (χ3n) is 4.36. The molecule has 0 bridgehead atoms. The van der Waals surface area contributed by atoms with E-state index in [0.29, 0.717) is 12.3 Å². The number of carbonyl (C=O) groups excluding carboxylic acids is 2. The van der Waals surface area contributed by atoms with E-state index in [-0.39, 0.29) is 18.3 Å². The van der Waals surface area contributed by atoms with Gasteiger partial charge in [0.1, 0.15) is 5.75 Å². The number of hydrogen-bond donors (Lipinski definition) is 1. The fourth-order valence-electron chi connectivity index (χ4n) is 2.44. The van der Waals surface area contributed by atoms with Gasteiger partial charge in [0.25, 0.3) is 5.91 Å². The Morgan fingerprint density at radius 1 is 1.07 bits per heavy atom. The maximum atomic E-state index is 12.1. The second kappa shape index (κ2) is 10.8. The molecule has 2 aromatic carbocycles. The number of hydrogen-bond acceptors (Lipinski definition) is 5. The second-order valence-electron chi connectivity index (χ2n) is 6.54. The largest absolute Gasteiger partial charge is 0.497 e. The van der Waals surface area contributed by atoms with E-state index in [9.17, 15) is 9.59 Å². The van der Waals surface area contributed by atoms with Crippen LogP contribution in [0.4, 0.5) is 0 Å². The van der Waals surface area contributed by atoms with Crippen molar-refractivity contribution in [3.63, 3.8) is 0 Å². The molecule has 0 aliphatic heterocycles. The number of aryl methyl sites for hydroxylation is 2. The number of ether oxygens (including phenoxy) is 2. The van der Waals surface area contributed by atoms with Gasteiger partial charge < -0.3 is 14.8 Å². The van der Waals surface area contributed by atoms with Crippen molar-refractivity contribution in [3.8, 4) is 5.75 Å². The molecule has 0 saturated carbocycles. The van der Waals surface area contributed by atoms with E-state index in [1.807, 2.05) is 30.3 Å². The minimum Gasteiger partial charge on any atom is -0.497 e. The SMILES string of the molecule is COc1ccc(CNC(=O)[C@@H](C)OC(=O)CCSc2ccc(C)c(C)c2)cc1. The predicted molar refractivity (Wildman–Crippen MR) is 112 cm³/mol. The van der Waals surface area contributed by atoms with Crippen molar-refractivity contribution in [1.82, 2.24) is 5.32 Å². The van der Waals surface area contributed by atoms with Crippen LogP contribution in [0.25, 0.3) is 0 Å². The molecule has 28 heavy (non-hydrogen) atoms. The van der Waals surface area contributed by atoms with Gasteiger partial charge in [-0.25, -0.2) is 0 Å². The summed E-state index contributed by atoms with van der Waals surface area (Å²) in [6.07, 6.45) is -0.564. The Kier molecular flexibility index (Phi) is 8.39. The Bertz CT molecular complexity index is 805. The minimum atomic E-state index is -0.822. The van der Waals surface area contributed by atoms with Crippen LogP contribution in [-0.2, 0) is 20.9 Å². The number of amides is 1. The molecule has 0 aliphatic rings. The van der Waals surface area contributed by atoms with E-state index in [1.54, 1.807) is 25.8 Å².